The maximum absolute atomic E-state index is 11.9. The van der Waals surface area contributed by atoms with E-state index in [1.165, 1.54) is 0 Å². The van der Waals surface area contributed by atoms with Crippen molar-refractivity contribution < 1.29 is 17.7 Å². The van der Waals surface area contributed by atoms with E-state index in [1.807, 2.05) is 0 Å². The predicted octanol–water partition coefficient (Wildman–Crippen LogP) is -0.202. The Bertz CT molecular complexity index is 497. The molecule has 1 rings (SSSR count). The monoisotopic (exact) mass is 252 g/mol. The van der Waals surface area contributed by atoms with Gasteiger partial charge < -0.3 is 10.1 Å². The van der Waals surface area contributed by atoms with E-state index in [0.29, 0.717) is 0 Å². The fourth-order valence-electron chi connectivity index (χ4n) is 1.06. The van der Waals surface area contributed by atoms with Gasteiger partial charge in [-0.15, -0.1) is 0 Å². The molecule has 0 aromatic carbocycles. The van der Waals surface area contributed by atoms with Crippen LogP contribution in [0.5, 0.6) is 0 Å². The number of halogens is 1. The van der Waals surface area contributed by atoms with Crippen molar-refractivity contribution in [2.24, 2.45) is 5.14 Å². The molecule has 0 aliphatic heterocycles. The minimum absolute atomic E-state index is 0.0485. The summed E-state index contributed by atoms with van der Waals surface area (Å²) in [5.41, 5.74) is 0. The van der Waals surface area contributed by atoms with Crippen LogP contribution in [0.2, 0.25) is 0 Å². The van der Waals surface area contributed by atoms with E-state index in [1.54, 1.807) is 0 Å². The number of hydrogen-bond acceptors (Lipinski definition) is 5. The summed E-state index contributed by atoms with van der Waals surface area (Å²) in [6, 6.07) is 0. The fraction of sp³-hybridized carbons (Fsp3) is 0.500. The number of primary sulfonamides is 1. The number of aromatic nitrogens is 2. The predicted molar refractivity (Wildman–Crippen MR) is 50.8 cm³/mol. The summed E-state index contributed by atoms with van der Waals surface area (Å²) in [4.78, 5) is 8.87. The Morgan fingerprint density at radius 2 is 2.25 bits per heavy atom. The summed E-state index contributed by atoms with van der Waals surface area (Å²) in [5.74, 6) is -0.846. The molecule has 10 heteroatoms. The van der Waals surface area contributed by atoms with Gasteiger partial charge in [-0.3, -0.25) is 4.39 Å². The molecule has 1 aromatic heterocycles. The molecule has 0 fully saturated rings. The topological polar surface area (TPSA) is 121 Å². The molecule has 16 heavy (non-hydrogen) atoms. The van der Waals surface area contributed by atoms with Crippen molar-refractivity contribution in [3.8, 4) is 0 Å². The number of aryl methyl sites for hydroxylation is 1. The van der Waals surface area contributed by atoms with Gasteiger partial charge in [0.05, 0.1) is 24.5 Å². The molecule has 8 nitrogen and oxygen atoms in total. The zero-order valence-corrected chi connectivity index (χ0v) is 8.85. The van der Waals surface area contributed by atoms with E-state index >= 15 is 0 Å². The third-order valence-corrected chi connectivity index (χ3v) is 2.61. The standard InChI is InChI=1S/C6H9FN4O4S/c7-2-1-3-10-4-5(16(8,14)15)6(9-10)11(12)13/h4H,1-3H2,(H2,8,14,15). The summed E-state index contributed by atoms with van der Waals surface area (Å²) in [5, 5.41) is 18.7. The van der Waals surface area contributed by atoms with Crippen LogP contribution < -0.4 is 5.14 Å². The Balaban J connectivity index is 3.16. The average Bonchev–Trinajstić information content (AvgIpc) is 2.58. The van der Waals surface area contributed by atoms with Crippen molar-refractivity contribution >= 4 is 15.8 Å². The normalized spacial score (nSPS) is 11.6. The Hall–Kier alpha value is -1.55. The molecule has 2 N–H and O–H groups in total. The van der Waals surface area contributed by atoms with Crippen LogP contribution in [0.3, 0.4) is 0 Å². The first-order valence-electron chi connectivity index (χ1n) is 4.17. The summed E-state index contributed by atoms with van der Waals surface area (Å²) >= 11 is 0. The van der Waals surface area contributed by atoms with Crippen molar-refractivity contribution in [2.45, 2.75) is 17.9 Å². The van der Waals surface area contributed by atoms with E-state index in [2.05, 4.69) is 5.10 Å². The molecule has 0 atom stereocenters. The van der Waals surface area contributed by atoms with Crippen LogP contribution in [-0.4, -0.2) is 29.8 Å². The lowest BCUT2D eigenvalue weighted by Crippen LogP contribution is -2.13. The molecule has 0 radical (unpaired) electrons. The van der Waals surface area contributed by atoms with Crippen LogP contribution in [0.4, 0.5) is 10.2 Å². The number of alkyl halides is 1. The molecule has 90 valence electrons. The third kappa shape index (κ3) is 2.73. The molecule has 0 saturated heterocycles. The second-order valence-electron chi connectivity index (χ2n) is 2.92. The van der Waals surface area contributed by atoms with Crippen LogP contribution in [-0.2, 0) is 16.6 Å². The van der Waals surface area contributed by atoms with Crippen LogP contribution in [0.25, 0.3) is 0 Å². The van der Waals surface area contributed by atoms with Gasteiger partial charge in [-0.2, -0.15) is 4.68 Å². The zero-order chi connectivity index (χ0) is 12.3. The molecular weight excluding hydrogens is 243 g/mol. The van der Waals surface area contributed by atoms with E-state index in [0.717, 1.165) is 10.9 Å². The highest BCUT2D eigenvalue weighted by atomic mass is 32.2. The molecule has 0 spiro atoms. The first-order chi connectivity index (χ1) is 7.36. The largest absolute Gasteiger partial charge is 0.410 e. The van der Waals surface area contributed by atoms with Crippen molar-refractivity contribution in [2.75, 3.05) is 6.67 Å². The van der Waals surface area contributed by atoms with Crippen molar-refractivity contribution in [1.82, 2.24) is 9.78 Å². The lowest BCUT2D eigenvalue weighted by atomic mass is 10.5. The Labute approximate surface area is 90.1 Å². The maximum Gasteiger partial charge on any atom is 0.410 e. The minimum atomic E-state index is -4.20. The van der Waals surface area contributed by atoms with Crippen LogP contribution in [0.15, 0.2) is 11.1 Å². The molecule has 0 unspecified atom stereocenters. The smallest absolute Gasteiger partial charge is 0.358 e. The highest BCUT2D eigenvalue weighted by Gasteiger charge is 2.28. The molecule has 0 amide bonds. The molecule has 0 aliphatic rings. The highest BCUT2D eigenvalue weighted by molar-refractivity contribution is 7.89. The lowest BCUT2D eigenvalue weighted by molar-refractivity contribution is -0.392. The summed E-state index contributed by atoms with van der Waals surface area (Å²) in [7, 11) is -4.20. The maximum atomic E-state index is 11.9. The molecular formula is C6H9FN4O4S. The number of hydrogen-bond donors (Lipinski definition) is 1. The minimum Gasteiger partial charge on any atom is -0.358 e. The number of nitrogens with two attached hydrogens (primary N) is 1. The van der Waals surface area contributed by atoms with Gasteiger partial charge in [0, 0.05) is 0 Å². The Morgan fingerprint density at radius 1 is 1.62 bits per heavy atom. The van der Waals surface area contributed by atoms with Gasteiger partial charge >= 0.3 is 5.82 Å². The van der Waals surface area contributed by atoms with Crippen LogP contribution in [0, 0.1) is 10.1 Å². The second kappa shape index (κ2) is 4.53. The highest BCUT2D eigenvalue weighted by Crippen LogP contribution is 2.19. The summed E-state index contributed by atoms with van der Waals surface area (Å²) in [6.45, 7) is -0.578. The van der Waals surface area contributed by atoms with E-state index in [4.69, 9.17) is 5.14 Å². The molecule has 1 aromatic rings. The molecule has 0 saturated carbocycles. The quantitative estimate of drug-likeness (QED) is 0.574. The average molecular weight is 252 g/mol. The van der Waals surface area contributed by atoms with Gasteiger partial charge in [0.15, 0.2) is 0 Å². The van der Waals surface area contributed by atoms with Gasteiger partial charge in [-0.25, -0.2) is 13.6 Å². The summed E-state index contributed by atoms with van der Waals surface area (Å²) in [6.07, 6.45) is 1.01. The molecule has 0 aliphatic carbocycles. The number of nitro groups is 1. The Morgan fingerprint density at radius 3 is 2.62 bits per heavy atom. The molecule has 1 heterocycles. The van der Waals surface area contributed by atoms with E-state index in [-0.39, 0.29) is 13.0 Å². The van der Waals surface area contributed by atoms with E-state index < -0.39 is 32.3 Å². The van der Waals surface area contributed by atoms with Crippen molar-refractivity contribution in [3.05, 3.63) is 16.3 Å². The van der Waals surface area contributed by atoms with Gasteiger partial charge in [-0.05, 0) is 11.3 Å². The van der Waals surface area contributed by atoms with Crippen molar-refractivity contribution in [1.29, 1.82) is 0 Å². The molecule has 0 bridgehead atoms. The third-order valence-electron chi connectivity index (χ3n) is 1.71. The van der Waals surface area contributed by atoms with Crippen molar-refractivity contribution in [3.63, 3.8) is 0 Å². The van der Waals surface area contributed by atoms with Gasteiger partial charge in [0.1, 0.15) is 0 Å². The number of sulfonamides is 1. The number of rotatable bonds is 5. The summed E-state index contributed by atoms with van der Waals surface area (Å²) < 4.78 is 34.8. The fourth-order valence-corrected chi connectivity index (χ4v) is 1.69. The van der Waals surface area contributed by atoms with E-state index in [9.17, 15) is 22.9 Å². The first kappa shape index (κ1) is 12.5. The number of nitrogens with zero attached hydrogens (tertiary/aromatic N) is 3. The zero-order valence-electron chi connectivity index (χ0n) is 8.04. The van der Waals surface area contributed by atoms with Crippen LogP contribution in [0.1, 0.15) is 6.42 Å². The van der Waals surface area contributed by atoms with Crippen LogP contribution >= 0.6 is 0 Å². The van der Waals surface area contributed by atoms with Gasteiger partial charge in [0.25, 0.3) is 0 Å². The second-order valence-corrected chi connectivity index (χ2v) is 4.45. The van der Waals surface area contributed by atoms with Gasteiger partial charge in [-0.1, -0.05) is 0 Å². The Kier molecular flexibility index (Phi) is 3.55. The first-order valence-corrected chi connectivity index (χ1v) is 5.71. The SMILES string of the molecule is NS(=O)(=O)c1cn(CCCF)nc1[N+](=O)[O-]. The lowest BCUT2D eigenvalue weighted by Gasteiger charge is -1.91. The van der Waals surface area contributed by atoms with Gasteiger partial charge in [0.2, 0.25) is 14.9 Å².